The van der Waals surface area contributed by atoms with E-state index in [1.54, 1.807) is 6.20 Å². The van der Waals surface area contributed by atoms with Crippen LogP contribution in [0.3, 0.4) is 0 Å². The lowest BCUT2D eigenvalue weighted by molar-refractivity contribution is 0.0382. The second kappa shape index (κ2) is 7.00. The van der Waals surface area contributed by atoms with Crippen LogP contribution in [-0.2, 0) is 4.74 Å². The number of aryl methyl sites for hydroxylation is 1. The van der Waals surface area contributed by atoms with Crippen LogP contribution in [0.15, 0.2) is 30.5 Å². The smallest absolute Gasteiger partial charge is 0.321 e. The third-order valence-corrected chi connectivity index (χ3v) is 5.41. The van der Waals surface area contributed by atoms with Crippen molar-refractivity contribution < 1.29 is 9.53 Å². The lowest BCUT2D eigenvalue weighted by atomic mass is 9.90. The molecule has 0 radical (unpaired) electrons. The van der Waals surface area contributed by atoms with Crippen LogP contribution in [0.1, 0.15) is 31.2 Å². The minimum Gasteiger partial charge on any atom is -0.378 e. The molecule has 2 saturated heterocycles. The molecular formula is C20H25N3O2. The van der Waals surface area contributed by atoms with E-state index in [-0.39, 0.29) is 6.03 Å². The molecule has 4 rings (SSSR count). The number of rotatable bonds is 2. The number of carbonyl (C=O) groups excluding carboxylic acids is 1. The van der Waals surface area contributed by atoms with E-state index < -0.39 is 0 Å². The van der Waals surface area contributed by atoms with Crippen LogP contribution in [0.2, 0.25) is 0 Å². The number of pyridine rings is 1. The normalized spacial score (nSPS) is 21.6. The Balaban J connectivity index is 1.43. The molecule has 0 bridgehead atoms. The highest BCUT2D eigenvalue weighted by Crippen LogP contribution is 2.29. The van der Waals surface area contributed by atoms with E-state index in [9.17, 15) is 4.79 Å². The Kier molecular flexibility index (Phi) is 4.57. The van der Waals surface area contributed by atoms with Gasteiger partial charge in [-0.25, -0.2) is 4.79 Å². The molecule has 132 valence electrons. The highest BCUT2D eigenvalue weighted by molar-refractivity contribution is 6.00. The Hall–Kier alpha value is -2.14. The maximum atomic E-state index is 12.7. The summed E-state index contributed by atoms with van der Waals surface area (Å²) >= 11 is 0. The number of hydrogen-bond donors (Lipinski definition) is 1. The minimum absolute atomic E-state index is 0.0247. The standard InChI is InChI=1S/C20H25N3O2/c1-14-12-16-4-2-8-21-19(16)17(13-14)22-20(24)23-9-6-15(7-10-23)18-5-3-11-25-18/h2,4,8,12-13,15,18H,3,5-7,9-11H2,1H3,(H,22,24)/t18-/m0/s1. The van der Waals surface area contributed by atoms with Gasteiger partial charge in [-0.05, 0) is 62.3 Å². The summed E-state index contributed by atoms with van der Waals surface area (Å²) < 4.78 is 5.82. The number of fused-ring (bicyclic) bond motifs is 1. The maximum Gasteiger partial charge on any atom is 0.321 e. The highest BCUT2D eigenvalue weighted by Gasteiger charge is 2.31. The van der Waals surface area contributed by atoms with Crippen molar-refractivity contribution in [3.05, 3.63) is 36.0 Å². The SMILES string of the molecule is Cc1cc(NC(=O)N2CCC([C@@H]3CCCO3)CC2)c2ncccc2c1. The van der Waals surface area contributed by atoms with Gasteiger partial charge < -0.3 is 15.0 Å². The van der Waals surface area contributed by atoms with E-state index in [0.717, 1.165) is 54.7 Å². The number of amides is 2. The molecule has 2 aliphatic rings. The largest absolute Gasteiger partial charge is 0.378 e. The van der Waals surface area contributed by atoms with Crippen molar-refractivity contribution in [1.82, 2.24) is 9.88 Å². The zero-order chi connectivity index (χ0) is 17.2. The van der Waals surface area contributed by atoms with Crippen LogP contribution >= 0.6 is 0 Å². The molecule has 3 heterocycles. The summed E-state index contributed by atoms with van der Waals surface area (Å²) in [5, 5.41) is 4.12. The predicted octanol–water partition coefficient (Wildman–Crippen LogP) is 3.97. The van der Waals surface area contributed by atoms with Gasteiger partial charge in [0, 0.05) is 31.3 Å². The molecule has 0 aliphatic carbocycles. The average Bonchev–Trinajstić information content (AvgIpc) is 3.16. The first-order valence-electron chi connectivity index (χ1n) is 9.23. The van der Waals surface area contributed by atoms with Crippen LogP contribution < -0.4 is 5.32 Å². The maximum absolute atomic E-state index is 12.7. The number of ether oxygens (including phenoxy) is 1. The number of nitrogens with one attached hydrogen (secondary N) is 1. The second-order valence-corrected chi connectivity index (χ2v) is 7.19. The summed E-state index contributed by atoms with van der Waals surface area (Å²) in [5.41, 5.74) is 2.76. The summed E-state index contributed by atoms with van der Waals surface area (Å²) in [7, 11) is 0. The molecule has 0 saturated carbocycles. The van der Waals surface area contributed by atoms with Crippen molar-refractivity contribution in [2.75, 3.05) is 25.0 Å². The van der Waals surface area contributed by atoms with Gasteiger partial charge in [-0.3, -0.25) is 4.98 Å². The quantitative estimate of drug-likeness (QED) is 0.901. The number of hydrogen-bond acceptors (Lipinski definition) is 3. The Morgan fingerprint density at radius 1 is 1.28 bits per heavy atom. The molecule has 2 aromatic rings. The molecule has 1 aromatic heterocycles. The fourth-order valence-electron chi connectivity index (χ4n) is 4.08. The second-order valence-electron chi connectivity index (χ2n) is 7.19. The molecule has 1 N–H and O–H groups in total. The Bertz CT molecular complexity index is 763. The summed E-state index contributed by atoms with van der Waals surface area (Å²) in [4.78, 5) is 19.1. The Morgan fingerprint density at radius 2 is 2.12 bits per heavy atom. The van der Waals surface area contributed by atoms with Gasteiger partial charge in [0.1, 0.15) is 0 Å². The fraction of sp³-hybridized carbons (Fsp3) is 0.500. The third-order valence-electron chi connectivity index (χ3n) is 5.41. The number of aromatic nitrogens is 1. The Morgan fingerprint density at radius 3 is 2.88 bits per heavy atom. The van der Waals surface area contributed by atoms with Crippen molar-refractivity contribution in [3.8, 4) is 0 Å². The fourth-order valence-corrected chi connectivity index (χ4v) is 4.08. The molecule has 2 fully saturated rings. The number of piperidine rings is 1. The topological polar surface area (TPSA) is 54.5 Å². The number of carbonyl (C=O) groups is 1. The van der Waals surface area contributed by atoms with Crippen molar-refractivity contribution in [3.63, 3.8) is 0 Å². The Labute approximate surface area is 148 Å². The number of urea groups is 1. The molecule has 1 atom stereocenters. The number of nitrogens with zero attached hydrogens (tertiary/aromatic N) is 2. The van der Waals surface area contributed by atoms with Crippen molar-refractivity contribution in [2.24, 2.45) is 5.92 Å². The summed E-state index contributed by atoms with van der Waals surface area (Å²) in [5.74, 6) is 0.605. The zero-order valence-electron chi connectivity index (χ0n) is 14.7. The van der Waals surface area contributed by atoms with Crippen LogP contribution in [0.5, 0.6) is 0 Å². The van der Waals surface area contributed by atoms with Gasteiger partial charge >= 0.3 is 6.03 Å². The van der Waals surface area contributed by atoms with Gasteiger partial charge in [0.05, 0.1) is 17.3 Å². The van der Waals surface area contributed by atoms with Crippen molar-refractivity contribution >= 4 is 22.6 Å². The molecular weight excluding hydrogens is 314 g/mol. The lowest BCUT2D eigenvalue weighted by Crippen LogP contribution is -2.43. The average molecular weight is 339 g/mol. The van der Waals surface area contributed by atoms with E-state index in [4.69, 9.17) is 4.74 Å². The first-order chi connectivity index (χ1) is 12.2. The lowest BCUT2D eigenvalue weighted by Gasteiger charge is -2.34. The van der Waals surface area contributed by atoms with Crippen molar-refractivity contribution in [1.29, 1.82) is 0 Å². The van der Waals surface area contributed by atoms with E-state index in [2.05, 4.69) is 16.4 Å². The van der Waals surface area contributed by atoms with E-state index >= 15 is 0 Å². The highest BCUT2D eigenvalue weighted by atomic mass is 16.5. The summed E-state index contributed by atoms with van der Waals surface area (Å²) in [6.45, 7) is 4.54. The van der Waals surface area contributed by atoms with Crippen LogP contribution in [0, 0.1) is 12.8 Å². The first-order valence-corrected chi connectivity index (χ1v) is 9.23. The van der Waals surface area contributed by atoms with Crippen LogP contribution in [-0.4, -0.2) is 41.7 Å². The molecule has 5 nitrogen and oxygen atoms in total. The van der Waals surface area contributed by atoms with Gasteiger partial charge in [0.15, 0.2) is 0 Å². The first kappa shape index (κ1) is 16.3. The van der Waals surface area contributed by atoms with Gasteiger partial charge in [-0.15, -0.1) is 0 Å². The summed E-state index contributed by atoms with van der Waals surface area (Å²) in [6.07, 6.45) is 6.60. The number of benzene rings is 1. The van der Waals surface area contributed by atoms with Gasteiger partial charge in [0.2, 0.25) is 0 Å². The zero-order valence-corrected chi connectivity index (χ0v) is 14.7. The monoisotopic (exact) mass is 339 g/mol. The van der Waals surface area contributed by atoms with E-state index in [1.165, 1.54) is 12.8 Å². The minimum atomic E-state index is -0.0247. The summed E-state index contributed by atoms with van der Waals surface area (Å²) in [6, 6.07) is 8.00. The molecule has 0 unspecified atom stereocenters. The predicted molar refractivity (Wildman–Crippen MR) is 98.8 cm³/mol. The van der Waals surface area contributed by atoms with Crippen molar-refractivity contribution in [2.45, 2.75) is 38.7 Å². The van der Waals surface area contributed by atoms with Crippen LogP contribution in [0.25, 0.3) is 10.9 Å². The molecule has 2 aliphatic heterocycles. The molecule has 0 spiro atoms. The molecule has 2 amide bonds. The van der Waals surface area contributed by atoms with Gasteiger partial charge in [0.25, 0.3) is 0 Å². The molecule has 5 heteroatoms. The number of anilines is 1. The van der Waals surface area contributed by atoms with Gasteiger partial charge in [-0.2, -0.15) is 0 Å². The van der Waals surface area contributed by atoms with E-state index in [1.807, 2.05) is 30.0 Å². The third kappa shape index (κ3) is 3.47. The van der Waals surface area contributed by atoms with Gasteiger partial charge in [-0.1, -0.05) is 6.07 Å². The number of likely N-dealkylation sites (tertiary alicyclic amines) is 1. The van der Waals surface area contributed by atoms with Crippen LogP contribution in [0.4, 0.5) is 10.5 Å². The van der Waals surface area contributed by atoms with E-state index in [0.29, 0.717) is 12.0 Å². The molecule has 25 heavy (non-hydrogen) atoms. The molecule has 1 aromatic carbocycles.